The van der Waals surface area contributed by atoms with Crippen molar-refractivity contribution in [2.75, 3.05) is 0 Å². The Labute approximate surface area is 185 Å². The summed E-state index contributed by atoms with van der Waals surface area (Å²) in [7, 11) is 0. The second-order valence-corrected chi connectivity index (χ2v) is 7.69. The molecule has 1 saturated heterocycles. The van der Waals surface area contributed by atoms with E-state index in [1.807, 2.05) is 0 Å². The fraction of sp³-hybridized carbons (Fsp3) is 0.182. The van der Waals surface area contributed by atoms with Crippen LogP contribution in [-0.4, -0.2) is 28.8 Å². The van der Waals surface area contributed by atoms with Crippen LogP contribution in [0.1, 0.15) is 22.2 Å². The third kappa shape index (κ3) is 3.85. The minimum Gasteiger partial charge on any atom is -0.459 e. The van der Waals surface area contributed by atoms with Crippen LogP contribution in [0.2, 0.25) is 5.02 Å². The third-order valence-electron chi connectivity index (χ3n) is 5.21. The molecule has 0 spiro atoms. The van der Waals surface area contributed by atoms with E-state index in [4.69, 9.17) is 16.0 Å². The lowest BCUT2D eigenvalue weighted by molar-refractivity contribution is -0.288. The van der Waals surface area contributed by atoms with E-state index in [1.165, 1.54) is 41.7 Å². The van der Waals surface area contributed by atoms with E-state index in [0.29, 0.717) is 10.6 Å². The average Bonchev–Trinajstić information content (AvgIpc) is 3.23. The van der Waals surface area contributed by atoms with Crippen LogP contribution < -0.4 is 10.6 Å². The lowest BCUT2D eigenvalue weighted by Crippen LogP contribution is -2.72. The molecule has 2 aromatic carbocycles. The molecule has 166 valence electrons. The van der Waals surface area contributed by atoms with Gasteiger partial charge in [0.25, 0.3) is 0 Å². The van der Waals surface area contributed by atoms with Crippen LogP contribution in [0.15, 0.2) is 71.1 Å². The fourth-order valence-electron chi connectivity index (χ4n) is 3.65. The minimum absolute atomic E-state index is 0.0624. The smallest absolute Gasteiger partial charge is 0.437 e. The molecule has 0 radical (unpaired) electrons. The molecule has 32 heavy (non-hydrogen) atoms. The summed E-state index contributed by atoms with van der Waals surface area (Å²) in [4.78, 5) is 25.2. The Kier molecular flexibility index (Phi) is 5.47. The van der Waals surface area contributed by atoms with Crippen molar-refractivity contribution in [1.82, 2.24) is 10.6 Å². The second-order valence-electron chi connectivity index (χ2n) is 7.26. The third-order valence-corrected chi connectivity index (χ3v) is 5.46. The number of hydrogen-bond donors (Lipinski definition) is 3. The first kappa shape index (κ1) is 21.9. The molecule has 6 nitrogen and oxygen atoms in total. The Morgan fingerprint density at radius 3 is 2.31 bits per heavy atom. The molecule has 3 aromatic rings. The van der Waals surface area contributed by atoms with Crippen molar-refractivity contribution in [3.63, 3.8) is 0 Å². The van der Waals surface area contributed by atoms with Crippen molar-refractivity contribution in [3.8, 4) is 11.3 Å². The van der Waals surface area contributed by atoms with E-state index in [1.54, 1.807) is 30.3 Å². The number of benzene rings is 2. The molecule has 0 unspecified atom stereocenters. The molecule has 1 aromatic heterocycles. The summed E-state index contributed by atoms with van der Waals surface area (Å²) in [6, 6.07) is 13.7. The Hall–Kier alpha value is -3.30. The van der Waals surface area contributed by atoms with Gasteiger partial charge in [-0.25, -0.2) is 4.79 Å². The molecule has 1 aliphatic rings. The van der Waals surface area contributed by atoms with Gasteiger partial charge in [0.15, 0.2) is 5.78 Å². The largest absolute Gasteiger partial charge is 0.459 e. The SMILES string of the molecule is O=C1N[C@@H](c2ccc(-c3ccc(Cl)cc3)o2)[C@@H](C(=O)c2ccccc2)[C@](O)(C(F)(F)F)N1. The number of carbonyl (C=O) groups is 2. The highest BCUT2D eigenvalue weighted by atomic mass is 35.5. The molecule has 10 heteroatoms. The Morgan fingerprint density at radius 1 is 1.03 bits per heavy atom. The van der Waals surface area contributed by atoms with Crippen LogP contribution in [0.4, 0.5) is 18.0 Å². The number of halogens is 4. The van der Waals surface area contributed by atoms with Gasteiger partial charge in [-0.05, 0) is 36.4 Å². The van der Waals surface area contributed by atoms with Gasteiger partial charge in [0.05, 0.1) is 0 Å². The van der Waals surface area contributed by atoms with E-state index in [-0.39, 0.29) is 17.1 Å². The fourth-order valence-corrected chi connectivity index (χ4v) is 3.77. The first-order valence-corrected chi connectivity index (χ1v) is 9.80. The summed E-state index contributed by atoms with van der Waals surface area (Å²) < 4.78 is 47.5. The number of amides is 2. The summed E-state index contributed by atoms with van der Waals surface area (Å²) in [6.07, 6.45) is -5.34. The van der Waals surface area contributed by atoms with Gasteiger partial charge in [0.1, 0.15) is 23.5 Å². The molecule has 1 fully saturated rings. The zero-order valence-corrected chi connectivity index (χ0v) is 16.9. The lowest BCUT2D eigenvalue weighted by Gasteiger charge is -2.44. The van der Waals surface area contributed by atoms with E-state index >= 15 is 0 Å². The number of urea groups is 1. The first-order valence-electron chi connectivity index (χ1n) is 9.43. The molecule has 0 bridgehead atoms. The Balaban J connectivity index is 1.80. The molecule has 2 heterocycles. The highest BCUT2D eigenvalue weighted by molar-refractivity contribution is 6.30. The van der Waals surface area contributed by atoms with Crippen LogP contribution in [-0.2, 0) is 0 Å². The molecule has 0 aliphatic carbocycles. The number of carbonyl (C=O) groups excluding carboxylic acids is 2. The van der Waals surface area contributed by atoms with Gasteiger partial charge < -0.3 is 20.2 Å². The molecule has 3 atom stereocenters. The zero-order chi connectivity index (χ0) is 23.1. The first-order chi connectivity index (χ1) is 15.1. The average molecular weight is 465 g/mol. The number of rotatable bonds is 4. The number of nitrogens with one attached hydrogen (secondary N) is 2. The standard InChI is InChI=1S/C22H16ClF3N2O4/c23-14-8-6-12(7-9-14)15-10-11-16(32-15)18-17(19(29)13-4-2-1-3-5-13)21(31,22(24,25)26)28-20(30)27-18/h1-11,17-18,31H,(H2,27,28,30)/t17-,18-,21-/m0/s1. The van der Waals surface area contributed by atoms with E-state index in [0.717, 1.165) is 0 Å². The normalized spacial score (nSPS) is 23.3. The van der Waals surface area contributed by atoms with Crippen molar-refractivity contribution in [2.45, 2.75) is 17.9 Å². The number of furan rings is 1. The lowest BCUT2D eigenvalue weighted by atomic mass is 9.79. The summed E-state index contributed by atoms with van der Waals surface area (Å²) in [5.74, 6) is -3.02. The van der Waals surface area contributed by atoms with Crippen molar-refractivity contribution < 1.29 is 32.3 Å². The maximum atomic E-state index is 13.9. The van der Waals surface area contributed by atoms with E-state index in [9.17, 15) is 27.9 Å². The summed E-state index contributed by atoms with van der Waals surface area (Å²) >= 11 is 5.87. The van der Waals surface area contributed by atoms with Gasteiger partial charge in [0.2, 0.25) is 5.72 Å². The molecular formula is C22H16ClF3N2O4. The minimum atomic E-state index is -5.34. The maximum Gasteiger partial charge on any atom is 0.437 e. The van der Waals surface area contributed by atoms with Gasteiger partial charge in [-0.1, -0.05) is 41.9 Å². The number of aliphatic hydroxyl groups is 1. The van der Waals surface area contributed by atoms with Crippen molar-refractivity contribution >= 4 is 23.4 Å². The monoisotopic (exact) mass is 464 g/mol. The summed E-state index contributed by atoms with van der Waals surface area (Å²) in [5.41, 5.74) is -3.30. The van der Waals surface area contributed by atoms with Gasteiger partial charge in [0, 0.05) is 16.1 Å². The predicted octanol–water partition coefficient (Wildman–Crippen LogP) is 4.70. The van der Waals surface area contributed by atoms with E-state index < -0.39 is 35.7 Å². The van der Waals surface area contributed by atoms with Gasteiger partial charge in [-0.2, -0.15) is 13.2 Å². The molecule has 2 amide bonds. The number of Topliss-reactive ketones (excluding diaryl/α,β-unsaturated/α-hetero) is 1. The van der Waals surface area contributed by atoms with Crippen LogP contribution >= 0.6 is 11.6 Å². The van der Waals surface area contributed by atoms with Gasteiger partial charge in [-0.3, -0.25) is 4.79 Å². The molecule has 0 saturated carbocycles. The van der Waals surface area contributed by atoms with Gasteiger partial charge in [-0.15, -0.1) is 0 Å². The molecule has 1 aliphatic heterocycles. The van der Waals surface area contributed by atoms with Crippen molar-refractivity contribution in [3.05, 3.63) is 83.1 Å². The number of alkyl halides is 3. The summed E-state index contributed by atoms with van der Waals surface area (Å²) in [6.45, 7) is 0. The summed E-state index contributed by atoms with van der Waals surface area (Å²) in [5, 5.41) is 14.8. The number of ketones is 1. The number of hydrogen-bond acceptors (Lipinski definition) is 4. The van der Waals surface area contributed by atoms with Gasteiger partial charge >= 0.3 is 12.2 Å². The highest BCUT2D eigenvalue weighted by Crippen LogP contribution is 2.44. The highest BCUT2D eigenvalue weighted by Gasteiger charge is 2.66. The van der Waals surface area contributed by atoms with Crippen molar-refractivity contribution in [2.24, 2.45) is 5.92 Å². The molecule has 4 rings (SSSR count). The quantitative estimate of drug-likeness (QED) is 0.488. The molecular weight excluding hydrogens is 449 g/mol. The second kappa shape index (κ2) is 7.99. The Bertz CT molecular complexity index is 1150. The van der Waals surface area contributed by atoms with Crippen molar-refractivity contribution in [1.29, 1.82) is 0 Å². The Morgan fingerprint density at radius 2 is 1.69 bits per heavy atom. The predicted molar refractivity (Wildman–Crippen MR) is 109 cm³/mol. The van der Waals surface area contributed by atoms with E-state index in [2.05, 4.69) is 5.32 Å². The molecule has 3 N–H and O–H groups in total. The topological polar surface area (TPSA) is 91.6 Å². The van der Waals surface area contributed by atoms with Crippen LogP contribution in [0, 0.1) is 5.92 Å². The van der Waals surface area contributed by atoms with Crippen LogP contribution in [0.3, 0.4) is 0 Å². The van der Waals surface area contributed by atoms with Crippen LogP contribution in [0.25, 0.3) is 11.3 Å². The van der Waals surface area contributed by atoms with Crippen LogP contribution in [0.5, 0.6) is 0 Å². The maximum absolute atomic E-state index is 13.9. The zero-order valence-electron chi connectivity index (χ0n) is 16.2.